The predicted octanol–water partition coefficient (Wildman–Crippen LogP) is 1.76. The van der Waals surface area contributed by atoms with Crippen molar-refractivity contribution in [1.29, 1.82) is 0 Å². The van der Waals surface area contributed by atoms with Gasteiger partial charge in [0.2, 0.25) is 0 Å². The SMILES string of the molecule is Nc1nc(/C([C]=O)=N/Oc2ccc(F)cc2)cs1. The molecule has 18 heavy (non-hydrogen) atoms. The molecule has 2 rings (SSSR count). The summed E-state index contributed by atoms with van der Waals surface area (Å²) in [6.07, 6.45) is 1.60. The van der Waals surface area contributed by atoms with E-state index in [0.717, 1.165) is 0 Å². The molecule has 0 amide bonds. The second-order valence-electron chi connectivity index (χ2n) is 3.16. The van der Waals surface area contributed by atoms with Crippen LogP contribution in [0, 0.1) is 5.82 Å². The first-order valence-electron chi connectivity index (χ1n) is 4.79. The van der Waals surface area contributed by atoms with E-state index >= 15 is 0 Å². The third-order valence-corrected chi connectivity index (χ3v) is 2.59. The van der Waals surface area contributed by atoms with Crippen LogP contribution >= 0.6 is 11.3 Å². The van der Waals surface area contributed by atoms with Gasteiger partial charge in [0.25, 0.3) is 6.29 Å². The first kappa shape index (κ1) is 12.2. The van der Waals surface area contributed by atoms with Crippen molar-refractivity contribution in [1.82, 2.24) is 4.98 Å². The number of carbonyl (C=O) groups excluding carboxylic acids is 1. The number of hydrogen-bond donors (Lipinski definition) is 1. The maximum Gasteiger partial charge on any atom is 0.259 e. The molecule has 0 aliphatic carbocycles. The number of oxime groups is 1. The summed E-state index contributed by atoms with van der Waals surface area (Å²) >= 11 is 1.17. The second kappa shape index (κ2) is 5.37. The summed E-state index contributed by atoms with van der Waals surface area (Å²) < 4.78 is 12.6. The van der Waals surface area contributed by atoms with Crippen LogP contribution in [0.3, 0.4) is 0 Å². The Bertz CT molecular complexity index is 580. The van der Waals surface area contributed by atoms with E-state index in [4.69, 9.17) is 10.6 Å². The molecule has 0 saturated carbocycles. The van der Waals surface area contributed by atoms with Crippen molar-refractivity contribution in [2.75, 3.05) is 5.73 Å². The Balaban J connectivity index is 2.15. The molecule has 1 radical (unpaired) electrons. The topological polar surface area (TPSA) is 77.6 Å². The van der Waals surface area contributed by atoms with Gasteiger partial charge in [-0.25, -0.2) is 9.37 Å². The number of halogens is 1. The van der Waals surface area contributed by atoms with Gasteiger partial charge in [0, 0.05) is 5.38 Å². The van der Waals surface area contributed by atoms with Crippen LogP contribution in [-0.2, 0) is 4.79 Å². The highest BCUT2D eigenvalue weighted by Crippen LogP contribution is 2.14. The fraction of sp³-hybridized carbons (Fsp3) is 0. The van der Waals surface area contributed by atoms with E-state index in [1.54, 1.807) is 11.7 Å². The molecule has 0 bridgehead atoms. The van der Waals surface area contributed by atoms with Gasteiger partial charge in [0.05, 0.1) is 0 Å². The minimum atomic E-state index is -0.388. The van der Waals surface area contributed by atoms with Gasteiger partial charge in [-0.15, -0.1) is 11.3 Å². The van der Waals surface area contributed by atoms with Crippen LogP contribution in [0.15, 0.2) is 34.8 Å². The molecule has 0 unspecified atom stereocenters. The molecule has 1 aromatic heterocycles. The molecule has 5 nitrogen and oxygen atoms in total. The van der Waals surface area contributed by atoms with Gasteiger partial charge < -0.3 is 10.6 Å². The number of benzene rings is 1. The number of anilines is 1. The summed E-state index contributed by atoms with van der Waals surface area (Å²) in [5.74, 6) is -0.0897. The van der Waals surface area contributed by atoms with Crippen molar-refractivity contribution in [3.63, 3.8) is 0 Å². The zero-order valence-electron chi connectivity index (χ0n) is 8.96. The molecule has 2 aromatic rings. The second-order valence-corrected chi connectivity index (χ2v) is 4.05. The van der Waals surface area contributed by atoms with Crippen molar-refractivity contribution in [3.05, 3.63) is 41.2 Å². The summed E-state index contributed by atoms with van der Waals surface area (Å²) in [5, 5.41) is 5.46. The summed E-state index contributed by atoms with van der Waals surface area (Å²) in [5.41, 5.74) is 5.62. The molecule has 0 saturated heterocycles. The number of nitrogens with zero attached hydrogens (tertiary/aromatic N) is 2. The predicted molar refractivity (Wildman–Crippen MR) is 65.8 cm³/mol. The summed E-state index contributed by atoms with van der Waals surface area (Å²) in [4.78, 5) is 19.5. The van der Waals surface area contributed by atoms with Crippen molar-refractivity contribution in [2.24, 2.45) is 5.16 Å². The monoisotopic (exact) mass is 264 g/mol. The number of nitrogen functional groups attached to an aromatic ring is 1. The van der Waals surface area contributed by atoms with E-state index in [2.05, 4.69) is 10.1 Å². The van der Waals surface area contributed by atoms with Crippen molar-refractivity contribution < 1.29 is 14.0 Å². The molecule has 1 heterocycles. The minimum Gasteiger partial charge on any atom is -0.375 e. The Kier molecular flexibility index (Phi) is 3.63. The van der Waals surface area contributed by atoms with Crippen LogP contribution in [0.4, 0.5) is 9.52 Å². The number of nitrogens with two attached hydrogens (primary N) is 1. The minimum absolute atomic E-state index is 0.104. The van der Waals surface area contributed by atoms with Crippen LogP contribution in [0.1, 0.15) is 5.69 Å². The van der Waals surface area contributed by atoms with Gasteiger partial charge in [-0.3, -0.25) is 4.79 Å². The van der Waals surface area contributed by atoms with Crippen molar-refractivity contribution in [2.45, 2.75) is 0 Å². The molecule has 1 aromatic carbocycles. The largest absolute Gasteiger partial charge is 0.375 e. The van der Waals surface area contributed by atoms with Gasteiger partial charge >= 0.3 is 0 Å². The Morgan fingerprint density at radius 2 is 2.17 bits per heavy atom. The van der Waals surface area contributed by atoms with E-state index in [1.807, 2.05) is 0 Å². The highest BCUT2D eigenvalue weighted by Gasteiger charge is 2.09. The third-order valence-electron chi connectivity index (χ3n) is 1.92. The Morgan fingerprint density at radius 1 is 1.44 bits per heavy atom. The average Bonchev–Trinajstić information content (AvgIpc) is 2.79. The molecular formula is C11H7FN3O2S. The molecule has 0 fully saturated rings. The highest BCUT2D eigenvalue weighted by atomic mass is 32.1. The molecule has 91 valence electrons. The fourth-order valence-corrected chi connectivity index (χ4v) is 1.66. The standard InChI is InChI=1S/C11H7FN3O2S/c12-7-1-3-8(4-2-7)17-15-9(5-16)10-6-18-11(13)14-10/h1-4,6H,(H2,13,14)/b15-9+. The summed E-state index contributed by atoms with van der Waals surface area (Å²) in [6, 6.07) is 5.21. The normalized spacial score (nSPS) is 11.3. The maximum absolute atomic E-state index is 12.6. The van der Waals surface area contributed by atoms with Gasteiger partial charge in [-0.05, 0) is 24.3 Å². The van der Waals surface area contributed by atoms with E-state index in [-0.39, 0.29) is 17.2 Å². The quantitative estimate of drug-likeness (QED) is 0.674. The summed E-state index contributed by atoms with van der Waals surface area (Å²) in [7, 11) is 0. The number of thiazole rings is 1. The fourth-order valence-electron chi connectivity index (χ4n) is 1.11. The molecule has 0 aliphatic heterocycles. The van der Waals surface area contributed by atoms with E-state index in [9.17, 15) is 9.18 Å². The van der Waals surface area contributed by atoms with Crippen molar-refractivity contribution >= 4 is 28.5 Å². The van der Waals surface area contributed by atoms with Gasteiger partial charge in [-0.2, -0.15) is 0 Å². The van der Waals surface area contributed by atoms with Crippen LogP contribution in [0.5, 0.6) is 5.75 Å². The smallest absolute Gasteiger partial charge is 0.259 e. The first-order chi connectivity index (χ1) is 8.69. The van der Waals surface area contributed by atoms with Crippen LogP contribution in [-0.4, -0.2) is 17.0 Å². The molecule has 2 N–H and O–H groups in total. The van der Waals surface area contributed by atoms with Crippen LogP contribution in [0.2, 0.25) is 0 Å². The lowest BCUT2D eigenvalue weighted by molar-refractivity contribution is 0.341. The molecule has 0 aliphatic rings. The molecule has 7 heteroatoms. The average molecular weight is 264 g/mol. The third kappa shape index (κ3) is 2.89. The first-order valence-corrected chi connectivity index (χ1v) is 5.67. The van der Waals surface area contributed by atoms with E-state index in [1.165, 1.54) is 35.6 Å². The van der Waals surface area contributed by atoms with Crippen molar-refractivity contribution in [3.8, 4) is 5.75 Å². The molecule has 0 atom stereocenters. The lowest BCUT2D eigenvalue weighted by atomic mass is 10.3. The van der Waals surface area contributed by atoms with Gasteiger partial charge in [0.1, 0.15) is 11.5 Å². The van der Waals surface area contributed by atoms with E-state index < -0.39 is 0 Å². The van der Waals surface area contributed by atoms with Crippen LogP contribution in [0.25, 0.3) is 0 Å². The maximum atomic E-state index is 12.6. The number of aromatic nitrogens is 1. The highest BCUT2D eigenvalue weighted by molar-refractivity contribution is 7.13. The van der Waals surface area contributed by atoms with Gasteiger partial charge in [-0.1, -0.05) is 5.16 Å². The Morgan fingerprint density at radius 3 is 2.72 bits per heavy atom. The van der Waals surface area contributed by atoms with E-state index in [0.29, 0.717) is 10.9 Å². The zero-order chi connectivity index (χ0) is 13.0. The Hall–Kier alpha value is -2.28. The lowest BCUT2D eigenvalue weighted by Crippen LogP contribution is -2.05. The number of hydrogen-bond acceptors (Lipinski definition) is 6. The van der Waals surface area contributed by atoms with Gasteiger partial charge in [0.15, 0.2) is 16.6 Å². The molecule has 0 spiro atoms. The van der Waals surface area contributed by atoms with Crippen LogP contribution < -0.4 is 10.6 Å². The Labute approximate surface area is 106 Å². The zero-order valence-corrected chi connectivity index (χ0v) is 9.78. The lowest BCUT2D eigenvalue weighted by Gasteiger charge is -1.98. The summed E-state index contributed by atoms with van der Waals surface area (Å²) in [6.45, 7) is 0. The number of rotatable bonds is 4. The molecular weight excluding hydrogens is 257 g/mol.